The molecule has 6 heteroatoms. The summed E-state index contributed by atoms with van der Waals surface area (Å²) in [7, 11) is 0. The van der Waals surface area contributed by atoms with Crippen LogP contribution >= 0.6 is 0 Å². The maximum absolute atomic E-state index is 13.4. The molecule has 6 nitrogen and oxygen atoms in total. The van der Waals surface area contributed by atoms with Gasteiger partial charge in [0.05, 0.1) is 16.7 Å². The third-order valence-corrected chi connectivity index (χ3v) is 7.78. The molecular weight excluding hydrogens is 444 g/mol. The lowest BCUT2D eigenvalue weighted by atomic mass is 9.67. The van der Waals surface area contributed by atoms with Crippen molar-refractivity contribution in [2.75, 3.05) is 0 Å². The average Bonchev–Trinajstić information content (AvgIpc) is 3.02. The summed E-state index contributed by atoms with van der Waals surface area (Å²) < 4.78 is 0. The number of fused-ring (bicyclic) bond motifs is 3. The summed E-state index contributed by atoms with van der Waals surface area (Å²) in [5, 5.41) is 32.2. The van der Waals surface area contributed by atoms with Gasteiger partial charge in [0.2, 0.25) is 0 Å². The quantitative estimate of drug-likeness (QED) is 0.433. The number of hydrogen-bond donors (Lipinski definition) is 3. The Morgan fingerprint density at radius 3 is 2.06 bits per heavy atom. The first-order chi connectivity index (χ1) is 16.9. The van der Waals surface area contributed by atoms with Crippen LogP contribution in [0.3, 0.4) is 0 Å². The molecule has 0 spiro atoms. The zero-order chi connectivity index (χ0) is 24.2. The van der Waals surface area contributed by atoms with Gasteiger partial charge in [0.1, 0.15) is 17.2 Å². The Hall–Kier alpha value is -4.45. The molecule has 4 aliphatic carbocycles. The first kappa shape index (κ1) is 20.0. The number of aromatic hydroxyl groups is 3. The molecule has 0 radical (unpaired) electrons. The number of phenols is 3. The standard InChI is InChI=1S/C29H18O6/c30-17-3-1-2-15-25-16-6-9-19(32)28-18(31)7-4-13(24(16)28)14-5-8-20(33)29-22(35)11-12(23(25)27(14)29)10-21(34)26(15)17/h1-9,12,23,30-31,33H,10-11H2/t12-,23+/m0/s1. The maximum atomic E-state index is 13.4. The van der Waals surface area contributed by atoms with Crippen LogP contribution in [0.15, 0.2) is 54.6 Å². The summed E-state index contributed by atoms with van der Waals surface area (Å²) in [5.74, 6) is -2.09. The predicted molar refractivity (Wildman–Crippen MR) is 128 cm³/mol. The molecule has 0 unspecified atom stereocenters. The Balaban J connectivity index is 1.76. The van der Waals surface area contributed by atoms with Gasteiger partial charge in [0, 0.05) is 24.3 Å². The fraction of sp³-hybridized carbons (Fsp3) is 0.138. The second kappa shape index (κ2) is 6.57. The third kappa shape index (κ3) is 2.41. The first-order valence-electron chi connectivity index (χ1n) is 11.4. The van der Waals surface area contributed by atoms with E-state index in [1.54, 1.807) is 30.3 Å². The highest BCUT2D eigenvalue weighted by Gasteiger charge is 2.47. The normalized spacial score (nSPS) is 21.2. The molecule has 0 fully saturated rings. The fourth-order valence-corrected chi connectivity index (χ4v) is 6.50. The second-order valence-electron chi connectivity index (χ2n) is 9.52. The SMILES string of the molecule is O=C1C[C@H]2CC(=O)c3c(O)ccc4c3[C@H]2C(=C2C=CC(=O)c3c(O)ccc-4c32)c2cccc(O)c21. The van der Waals surface area contributed by atoms with E-state index in [4.69, 9.17) is 0 Å². The van der Waals surface area contributed by atoms with Crippen LogP contribution < -0.4 is 0 Å². The molecule has 170 valence electrons. The summed E-state index contributed by atoms with van der Waals surface area (Å²) in [5.41, 5.74) is 5.00. The van der Waals surface area contributed by atoms with E-state index in [1.165, 1.54) is 24.3 Å². The van der Waals surface area contributed by atoms with Crippen molar-refractivity contribution in [3.05, 3.63) is 88.0 Å². The van der Waals surface area contributed by atoms with Crippen molar-refractivity contribution >= 4 is 28.5 Å². The van der Waals surface area contributed by atoms with Gasteiger partial charge in [-0.1, -0.05) is 30.3 Å². The highest BCUT2D eigenvalue weighted by Crippen LogP contribution is 2.59. The molecule has 0 saturated heterocycles. The molecule has 0 amide bonds. The largest absolute Gasteiger partial charge is 0.507 e. The Bertz CT molecular complexity index is 1640. The van der Waals surface area contributed by atoms with Gasteiger partial charge in [0.25, 0.3) is 0 Å². The van der Waals surface area contributed by atoms with Crippen molar-refractivity contribution in [1.29, 1.82) is 0 Å². The van der Waals surface area contributed by atoms with Gasteiger partial charge in [-0.2, -0.15) is 0 Å². The number of Topliss-reactive ketones (excluding diaryl/α,β-unsaturated/α-hetero) is 2. The van der Waals surface area contributed by atoms with Crippen LogP contribution in [0.25, 0.3) is 22.3 Å². The van der Waals surface area contributed by atoms with Gasteiger partial charge < -0.3 is 15.3 Å². The Kier molecular flexibility index (Phi) is 3.75. The van der Waals surface area contributed by atoms with Crippen LogP contribution in [0.4, 0.5) is 0 Å². The van der Waals surface area contributed by atoms with E-state index in [1.807, 2.05) is 0 Å². The summed E-state index contributed by atoms with van der Waals surface area (Å²) in [6.45, 7) is 0. The van der Waals surface area contributed by atoms with Crippen molar-refractivity contribution in [2.24, 2.45) is 5.92 Å². The molecule has 0 heterocycles. The highest BCUT2D eigenvalue weighted by molar-refractivity contribution is 6.22. The molecule has 7 rings (SSSR count). The molecule has 0 bridgehead atoms. The molecule has 0 saturated carbocycles. The van der Waals surface area contributed by atoms with E-state index in [2.05, 4.69) is 0 Å². The summed E-state index contributed by atoms with van der Waals surface area (Å²) >= 11 is 0. The number of carbonyl (C=O) groups is 3. The number of hydrogen-bond acceptors (Lipinski definition) is 6. The topological polar surface area (TPSA) is 112 Å². The summed E-state index contributed by atoms with van der Waals surface area (Å²) in [6.07, 6.45) is 3.23. The summed E-state index contributed by atoms with van der Waals surface area (Å²) in [4.78, 5) is 39.7. The Morgan fingerprint density at radius 1 is 0.629 bits per heavy atom. The maximum Gasteiger partial charge on any atom is 0.190 e. The zero-order valence-corrected chi connectivity index (χ0v) is 18.3. The molecule has 2 atom stereocenters. The number of benzene rings is 3. The first-order valence-corrected chi connectivity index (χ1v) is 11.4. The van der Waals surface area contributed by atoms with Crippen LogP contribution in [-0.2, 0) is 0 Å². The Labute approximate surface area is 199 Å². The van der Waals surface area contributed by atoms with Gasteiger partial charge in [-0.3, -0.25) is 14.4 Å². The predicted octanol–water partition coefficient (Wildman–Crippen LogP) is 5.02. The fourth-order valence-electron chi connectivity index (χ4n) is 6.50. The molecule has 3 aromatic rings. The number of carbonyl (C=O) groups excluding carboxylic acids is 3. The van der Waals surface area contributed by atoms with E-state index in [0.717, 1.165) is 0 Å². The van der Waals surface area contributed by atoms with Crippen molar-refractivity contribution in [2.45, 2.75) is 18.8 Å². The Morgan fingerprint density at radius 2 is 1.29 bits per heavy atom. The van der Waals surface area contributed by atoms with E-state index >= 15 is 0 Å². The van der Waals surface area contributed by atoms with E-state index in [-0.39, 0.29) is 64.1 Å². The molecule has 0 aromatic heterocycles. The molecule has 0 aliphatic heterocycles. The van der Waals surface area contributed by atoms with Gasteiger partial charge in [-0.25, -0.2) is 0 Å². The second-order valence-corrected chi connectivity index (χ2v) is 9.52. The average molecular weight is 462 g/mol. The van der Waals surface area contributed by atoms with Crippen molar-refractivity contribution in [3.8, 4) is 28.4 Å². The monoisotopic (exact) mass is 462 g/mol. The molecule has 3 aromatic carbocycles. The molecular formula is C29H18O6. The van der Waals surface area contributed by atoms with Gasteiger partial charge in [-0.15, -0.1) is 0 Å². The lowest BCUT2D eigenvalue weighted by Gasteiger charge is -2.34. The van der Waals surface area contributed by atoms with Crippen molar-refractivity contribution in [3.63, 3.8) is 0 Å². The number of rotatable bonds is 0. The van der Waals surface area contributed by atoms with E-state index < -0.39 is 11.8 Å². The van der Waals surface area contributed by atoms with Crippen molar-refractivity contribution in [1.82, 2.24) is 0 Å². The van der Waals surface area contributed by atoms with Gasteiger partial charge >= 0.3 is 0 Å². The van der Waals surface area contributed by atoms with Crippen LogP contribution in [0.5, 0.6) is 17.2 Å². The summed E-state index contributed by atoms with van der Waals surface area (Å²) in [6, 6.07) is 11.3. The van der Waals surface area contributed by atoms with Crippen LogP contribution in [0, 0.1) is 5.92 Å². The van der Waals surface area contributed by atoms with E-state index in [9.17, 15) is 29.7 Å². The van der Waals surface area contributed by atoms with Crippen LogP contribution in [0.1, 0.15) is 66.5 Å². The minimum Gasteiger partial charge on any atom is -0.507 e. The lowest BCUT2D eigenvalue weighted by Crippen LogP contribution is -2.27. The molecule has 35 heavy (non-hydrogen) atoms. The number of phenolic OH excluding ortho intramolecular Hbond substituents is 3. The van der Waals surface area contributed by atoms with Crippen LogP contribution in [0.2, 0.25) is 0 Å². The van der Waals surface area contributed by atoms with Crippen molar-refractivity contribution < 1.29 is 29.7 Å². The minimum absolute atomic E-state index is 0.0589. The van der Waals surface area contributed by atoms with Gasteiger partial charge in [-0.05, 0) is 63.6 Å². The zero-order valence-electron chi connectivity index (χ0n) is 18.3. The lowest BCUT2D eigenvalue weighted by molar-refractivity contribution is 0.0903. The third-order valence-electron chi connectivity index (χ3n) is 7.78. The number of allylic oxidation sites excluding steroid dienone is 4. The highest BCUT2D eigenvalue weighted by atomic mass is 16.3. The van der Waals surface area contributed by atoms with Gasteiger partial charge in [0.15, 0.2) is 17.3 Å². The number of ketones is 3. The molecule has 3 N–H and O–H groups in total. The van der Waals surface area contributed by atoms with Crippen LogP contribution in [-0.4, -0.2) is 32.7 Å². The molecule has 4 aliphatic rings. The minimum atomic E-state index is -0.438. The smallest absolute Gasteiger partial charge is 0.190 e. The van der Waals surface area contributed by atoms with E-state index in [0.29, 0.717) is 39.0 Å².